The Balaban J connectivity index is 0.00000169. The molecule has 0 saturated heterocycles. The maximum absolute atomic E-state index is 11.4. The van der Waals surface area contributed by atoms with Gasteiger partial charge in [-0.3, -0.25) is 10.6 Å². The van der Waals surface area contributed by atoms with Gasteiger partial charge in [0.1, 0.15) is 0 Å². The van der Waals surface area contributed by atoms with Crippen molar-refractivity contribution in [2.75, 3.05) is 0 Å². The van der Waals surface area contributed by atoms with Crippen molar-refractivity contribution in [3.05, 3.63) is 32.6 Å². The van der Waals surface area contributed by atoms with E-state index in [0.717, 1.165) is 4.57 Å². The van der Waals surface area contributed by atoms with E-state index in [0.29, 0.717) is 5.69 Å². The van der Waals surface area contributed by atoms with E-state index in [4.69, 9.17) is 0 Å². The van der Waals surface area contributed by atoms with E-state index in [2.05, 4.69) is 4.98 Å². The van der Waals surface area contributed by atoms with Gasteiger partial charge in [-0.25, -0.2) is 9.78 Å². The van der Waals surface area contributed by atoms with Crippen LogP contribution in [0.5, 0.6) is 0 Å². The van der Waals surface area contributed by atoms with Crippen molar-refractivity contribution in [3.63, 3.8) is 0 Å². The van der Waals surface area contributed by atoms with E-state index in [1.54, 1.807) is 27.7 Å². The van der Waals surface area contributed by atoms with E-state index in [9.17, 15) is 9.59 Å². The second kappa shape index (κ2) is 4.47. The molecule has 0 saturated carbocycles. The monoisotopic (exact) mass is 204 g/mol. The van der Waals surface area contributed by atoms with Crippen molar-refractivity contribution in [2.24, 2.45) is 0 Å². The summed E-state index contributed by atoms with van der Waals surface area (Å²) in [6, 6.07) is 1.37. The smallest absolute Gasteiger partial charge is 0.310 e. The van der Waals surface area contributed by atoms with Crippen LogP contribution in [0.3, 0.4) is 0 Å². The molecule has 1 rings (SSSR count). The molecule has 1 aromatic heterocycles. The Morgan fingerprint density at radius 2 is 1.79 bits per heavy atom. The predicted octanol–water partition coefficient (Wildman–Crippen LogP) is -2.61. The van der Waals surface area contributed by atoms with E-state index >= 15 is 0 Å². The van der Waals surface area contributed by atoms with Crippen molar-refractivity contribution in [3.8, 4) is 0 Å². The van der Waals surface area contributed by atoms with Gasteiger partial charge in [0.15, 0.2) is 0 Å². The number of rotatable bonds is 0. The van der Waals surface area contributed by atoms with Gasteiger partial charge >= 0.3 is 35.2 Å². The molecule has 0 aromatic carbocycles. The molecule has 0 N–H and O–H groups in total. The summed E-state index contributed by atoms with van der Waals surface area (Å²) in [6.45, 7) is 7.03. The fourth-order valence-electron chi connectivity index (χ4n) is 1.19. The number of hydrogen-bond donors (Lipinski definition) is 0. The summed E-state index contributed by atoms with van der Waals surface area (Å²) in [5.41, 5.74) is -0.799. The average Bonchev–Trinajstić information content (AvgIpc) is 1.78. The summed E-state index contributed by atoms with van der Waals surface area (Å²) >= 11 is 0. The fourth-order valence-corrected chi connectivity index (χ4v) is 1.19. The molecular formula is C9H13N2NaO2. The molecule has 0 radical (unpaired) electrons. The minimum absolute atomic E-state index is 0. The van der Waals surface area contributed by atoms with Gasteiger partial charge in [-0.2, -0.15) is 0 Å². The standard InChI is InChI=1S/C9H13N2O2.Na/c1-6-5-7(12)11(8(13)10-6)9(2,3)4;/h5H,1-4H3;/q-1;+1. The predicted molar refractivity (Wildman–Crippen MR) is 50.1 cm³/mol. The molecule has 5 heteroatoms. The first kappa shape index (κ1) is 13.7. The molecule has 0 aliphatic carbocycles. The number of hydrogen-bond acceptors (Lipinski definition) is 3. The first-order valence-corrected chi connectivity index (χ1v) is 4.10. The van der Waals surface area contributed by atoms with Gasteiger partial charge in [0.2, 0.25) is 0 Å². The van der Waals surface area contributed by atoms with Crippen LogP contribution in [0, 0.1) is 6.92 Å². The second-order valence-corrected chi connectivity index (χ2v) is 4.02. The third kappa shape index (κ3) is 2.83. The third-order valence-corrected chi connectivity index (χ3v) is 1.69. The first-order chi connectivity index (χ1) is 5.82. The quantitative estimate of drug-likeness (QED) is 0.344. The van der Waals surface area contributed by atoms with Crippen LogP contribution < -0.4 is 40.8 Å². The van der Waals surface area contributed by atoms with Crippen LogP contribution in [-0.4, -0.2) is 9.55 Å². The zero-order valence-corrected chi connectivity index (χ0v) is 11.3. The topological polar surface area (TPSA) is 52.0 Å². The van der Waals surface area contributed by atoms with E-state index in [1.807, 2.05) is 0 Å². The van der Waals surface area contributed by atoms with Crippen LogP contribution in [0.25, 0.3) is 0 Å². The summed E-state index contributed by atoms with van der Waals surface area (Å²) in [6.07, 6.45) is 0. The minimum atomic E-state index is -0.505. The van der Waals surface area contributed by atoms with Crippen LogP contribution >= 0.6 is 0 Å². The molecule has 0 atom stereocenters. The average molecular weight is 204 g/mol. The van der Waals surface area contributed by atoms with Gasteiger partial charge in [-0.15, -0.1) is 5.69 Å². The Morgan fingerprint density at radius 3 is 2.14 bits per heavy atom. The van der Waals surface area contributed by atoms with Crippen molar-refractivity contribution in [1.82, 2.24) is 9.55 Å². The van der Waals surface area contributed by atoms with Gasteiger partial charge in [0.05, 0.1) is 5.56 Å². The van der Waals surface area contributed by atoms with Crippen molar-refractivity contribution in [1.29, 1.82) is 0 Å². The largest absolute Gasteiger partial charge is 1.00 e. The van der Waals surface area contributed by atoms with Gasteiger partial charge in [-0.05, 0) is 20.8 Å². The van der Waals surface area contributed by atoms with Crippen LogP contribution in [0.2, 0.25) is 0 Å². The Labute approximate surface area is 105 Å². The maximum Gasteiger partial charge on any atom is 1.00 e. The zero-order valence-electron chi connectivity index (χ0n) is 9.29. The summed E-state index contributed by atoms with van der Waals surface area (Å²) in [7, 11) is 0. The molecule has 0 amide bonds. The SMILES string of the molecule is Cc1[cH-]c(=O)n(C(C)(C)C)c(=O)n1.[Na+]. The molecule has 0 aliphatic heterocycles. The summed E-state index contributed by atoms with van der Waals surface area (Å²) in [5.74, 6) is 0. The molecule has 0 fully saturated rings. The van der Waals surface area contributed by atoms with Gasteiger partial charge in [0.25, 0.3) is 0 Å². The number of aromatic nitrogens is 2. The zero-order chi connectivity index (χ0) is 10.2. The fraction of sp³-hybridized carbons (Fsp3) is 0.556. The normalized spacial score (nSPS) is 10.9. The molecule has 4 nitrogen and oxygen atoms in total. The Morgan fingerprint density at radius 1 is 1.29 bits per heavy atom. The second-order valence-electron chi connectivity index (χ2n) is 4.02. The summed E-state index contributed by atoms with van der Waals surface area (Å²) in [4.78, 5) is 26.5. The van der Waals surface area contributed by atoms with Crippen LogP contribution in [0.15, 0.2) is 15.7 Å². The van der Waals surface area contributed by atoms with Gasteiger partial charge < -0.3 is 4.79 Å². The van der Waals surface area contributed by atoms with Crippen LogP contribution in [-0.2, 0) is 5.54 Å². The Bertz CT molecular complexity index is 394. The van der Waals surface area contributed by atoms with E-state index in [1.165, 1.54) is 6.07 Å². The van der Waals surface area contributed by atoms with Crippen molar-refractivity contribution in [2.45, 2.75) is 33.2 Å². The Kier molecular flexibility index (Phi) is 4.36. The van der Waals surface area contributed by atoms with E-state index in [-0.39, 0.29) is 35.1 Å². The van der Waals surface area contributed by atoms with Crippen LogP contribution in [0.1, 0.15) is 26.5 Å². The summed E-state index contributed by atoms with van der Waals surface area (Å²) in [5, 5.41) is 0. The molecule has 1 aromatic rings. The maximum atomic E-state index is 11.4. The molecule has 14 heavy (non-hydrogen) atoms. The van der Waals surface area contributed by atoms with Crippen molar-refractivity contribution >= 4 is 0 Å². The molecule has 1 heterocycles. The first-order valence-electron chi connectivity index (χ1n) is 4.10. The molecule has 0 aliphatic rings. The Hall–Kier alpha value is -0.320. The molecule has 0 spiro atoms. The molecule has 0 bridgehead atoms. The van der Waals surface area contributed by atoms with Crippen LogP contribution in [0.4, 0.5) is 0 Å². The molecule has 0 unspecified atom stereocenters. The third-order valence-electron chi connectivity index (χ3n) is 1.69. The van der Waals surface area contributed by atoms with Crippen molar-refractivity contribution < 1.29 is 29.6 Å². The summed E-state index contributed by atoms with van der Waals surface area (Å²) < 4.78 is 1.15. The minimum Gasteiger partial charge on any atom is -0.310 e. The number of nitrogens with zero attached hydrogens (tertiary/aromatic N) is 2. The molecule has 72 valence electrons. The number of aryl methyl sites for hydroxylation is 1. The van der Waals surface area contributed by atoms with Gasteiger partial charge in [-0.1, -0.05) is 6.92 Å². The molecular weight excluding hydrogens is 191 g/mol. The van der Waals surface area contributed by atoms with Gasteiger partial charge in [0, 0.05) is 5.54 Å². The van der Waals surface area contributed by atoms with E-state index < -0.39 is 11.2 Å².